The van der Waals surface area contributed by atoms with Crippen molar-refractivity contribution in [1.29, 1.82) is 0 Å². The lowest BCUT2D eigenvalue weighted by Gasteiger charge is -2.10. The van der Waals surface area contributed by atoms with Crippen molar-refractivity contribution >= 4 is 17.4 Å². The topological polar surface area (TPSA) is 76.1 Å². The first kappa shape index (κ1) is 12.8. The number of methoxy groups -OCH3 is 1. The Bertz CT molecular complexity index is 572. The summed E-state index contributed by atoms with van der Waals surface area (Å²) >= 11 is 0. The van der Waals surface area contributed by atoms with Gasteiger partial charge in [-0.3, -0.25) is 4.79 Å². The van der Waals surface area contributed by atoms with E-state index in [1.54, 1.807) is 31.4 Å². The van der Waals surface area contributed by atoms with Gasteiger partial charge in [0.15, 0.2) is 0 Å². The summed E-state index contributed by atoms with van der Waals surface area (Å²) in [4.78, 5) is 19.6. The SMILES string of the molecule is CNC(=O)c1cc(Nc2ccncn2)ccc1OC. The Hall–Kier alpha value is -2.63. The molecule has 0 fully saturated rings. The van der Waals surface area contributed by atoms with Crippen LogP contribution in [0.15, 0.2) is 36.8 Å². The molecule has 0 saturated heterocycles. The van der Waals surface area contributed by atoms with Crippen molar-refractivity contribution in [3.8, 4) is 5.75 Å². The van der Waals surface area contributed by atoms with Gasteiger partial charge in [-0.15, -0.1) is 0 Å². The number of aromatic nitrogens is 2. The number of anilines is 2. The molecule has 1 aromatic heterocycles. The van der Waals surface area contributed by atoms with Crippen LogP contribution in [0.1, 0.15) is 10.4 Å². The molecule has 0 aliphatic heterocycles. The number of amides is 1. The summed E-state index contributed by atoms with van der Waals surface area (Å²) in [6.07, 6.45) is 3.09. The Morgan fingerprint density at radius 2 is 2.16 bits per heavy atom. The van der Waals surface area contributed by atoms with Crippen molar-refractivity contribution in [2.24, 2.45) is 0 Å². The van der Waals surface area contributed by atoms with Gasteiger partial charge in [0.05, 0.1) is 12.7 Å². The van der Waals surface area contributed by atoms with E-state index in [0.717, 1.165) is 5.69 Å². The largest absolute Gasteiger partial charge is 0.496 e. The maximum absolute atomic E-state index is 11.8. The highest BCUT2D eigenvalue weighted by Crippen LogP contribution is 2.24. The number of hydrogen-bond donors (Lipinski definition) is 2. The maximum Gasteiger partial charge on any atom is 0.254 e. The van der Waals surface area contributed by atoms with Gasteiger partial charge in [0.2, 0.25) is 0 Å². The number of carbonyl (C=O) groups is 1. The quantitative estimate of drug-likeness (QED) is 0.871. The van der Waals surface area contributed by atoms with Crippen LogP contribution in [0.3, 0.4) is 0 Å². The number of nitrogens with one attached hydrogen (secondary N) is 2. The molecule has 0 unspecified atom stereocenters. The van der Waals surface area contributed by atoms with E-state index in [2.05, 4.69) is 20.6 Å². The van der Waals surface area contributed by atoms with Crippen LogP contribution in [0.2, 0.25) is 0 Å². The molecule has 0 spiro atoms. The first-order chi connectivity index (χ1) is 9.24. The fourth-order valence-electron chi connectivity index (χ4n) is 1.61. The zero-order valence-corrected chi connectivity index (χ0v) is 10.7. The summed E-state index contributed by atoms with van der Waals surface area (Å²) in [5, 5.41) is 5.66. The summed E-state index contributed by atoms with van der Waals surface area (Å²) in [6, 6.07) is 6.99. The minimum atomic E-state index is -0.205. The molecule has 1 aromatic carbocycles. The van der Waals surface area contributed by atoms with Crippen LogP contribution in [0.5, 0.6) is 5.75 Å². The molecule has 2 N–H and O–H groups in total. The van der Waals surface area contributed by atoms with Gasteiger partial charge >= 0.3 is 0 Å². The zero-order chi connectivity index (χ0) is 13.7. The molecule has 1 amide bonds. The number of carbonyl (C=O) groups excluding carboxylic acids is 1. The molecule has 0 aliphatic rings. The van der Waals surface area contributed by atoms with Crippen molar-refractivity contribution < 1.29 is 9.53 Å². The average Bonchev–Trinajstić information content (AvgIpc) is 2.47. The van der Waals surface area contributed by atoms with Gasteiger partial charge in [-0.25, -0.2) is 9.97 Å². The normalized spacial score (nSPS) is 9.79. The van der Waals surface area contributed by atoms with Gasteiger partial charge < -0.3 is 15.4 Å². The molecule has 1 heterocycles. The number of ether oxygens (including phenoxy) is 1. The van der Waals surface area contributed by atoms with Crippen LogP contribution < -0.4 is 15.4 Å². The summed E-state index contributed by atoms with van der Waals surface area (Å²) in [5.41, 5.74) is 1.21. The number of hydrogen-bond acceptors (Lipinski definition) is 5. The third-order valence-electron chi connectivity index (χ3n) is 2.53. The van der Waals surface area contributed by atoms with Crippen molar-refractivity contribution in [2.45, 2.75) is 0 Å². The zero-order valence-electron chi connectivity index (χ0n) is 10.7. The Balaban J connectivity index is 2.30. The van der Waals surface area contributed by atoms with Crippen molar-refractivity contribution in [2.75, 3.05) is 19.5 Å². The summed E-state index contributed by atoms with van der Waals surface area (Å²) in [5.74, 6) is 0.971. The lowest BCUT2D eigenvalue weighted by Crippen LogP contribution is -2.18. The molecular weight excluding hydrogens is 244 g/mol. The van der Waals surface area contributed by atoms with Gasteiger partial charge in [-0.05, 0) is 24.3 Å². The van der Waals surface area contributed by atoms with Crippen LogP contribution >= 0.6 is 0 Å². The molecule has 6 nitrogen and oxygen atoms in total. The lowest BCUT2D eigenvalue weighted by atomic mass is 10.1. The fraction of sp³-hybridized carbons (Fsp3) is 0.154. The highest BCUT2D eigenvalue weighted by Gasteiger charge is 2.11. The molecule has 2 aromatic rings. The molecule has 0 saturated carbocycles. The lowest BCUT2D eigenvalue weighted by molar-refractivity contribution is 0.0960. The Morgan fingerprint density at radius 1 is 1.32 bits per heavy atom. The second kappa shape index (κ2) is 5.81. The first-order valence-corrected chi connectivity index (χ1v) is 5.67. The van der Waals surface area contributed by atoms with Crippen LogP contribution in [-0.2, 0) is 0 Å². The third kappa shape index (κ3) is 2.98. The number of nitrogens with zero attached hydrogens (tertiary/aromatic N) is 2. The molecule has 0 radical (unpaired) electrons. The van der Waals surface area contributed by atoms with E-state index in [1.807, 2.05) is 6.07 Å². The predicted octanol–water partition coefficient (Wildman–Crippen LogP) is 1.59. The minimum absolute atomic E-state index is 0.205. The molecule has 0 aliphatic carbocycles. The Labute approximate surface area is 110 Å². The van der Waals surface area contributed by atoms with E-state index in [1.165, 1.54) is 13.4 Å². The molecule has 0 atom stereocenters. The highest BCUT2D eigenvalue weighted by molar-refractivity contribution is 5.97. The summed E-state index contributed by atoms with van der Waals surface area (Å²) in [7, 11) is 3.10. The van der Waals surface area contributed by atoms with Gasteiger partial charge in [-0.1, -0.05) is 0 Å². The monoisotopic (exact) mass is 258 g/mol. The van der Waals surface area contributed by atoms with Gasteiger partial charge in [0.1, 0.15) is 17.9 Å². The second-order valence-electron chi connectivity index (χ2n) is 3.71. The molecule has 98 valence electrons. The van der Waals surface area contributed by atoms with Crippen molar-refractivity contribution in [1.82, 2.24) is 15.3 Å². The van der Waals surface area contributed by atoms with Crippen LogP contribution in [0.25, 0.3) is 0 Å². The predicted molar refractivity (Wildman–Crippen MR) is 71.7 cm³/mol. The Kier molecular flexibility index (Phi) is 3.92. The maximum atomic E-state index is 11.8. The van der Waals surface area contributed by atoms with Gasteiger partial charge in [-0.2, -0.15) is 0 Å². The molecule has 6 heteroatoms. The van der Waals surface area contributed by atoms with E-state index in [0.29, 0.717) is 17.1 Å². The fourth-order valence-corrected chi connectivity index (χ4v) is 1.61. The van der Waals surface area contributed by atoms with Crippen LogP contribution in [-0.4, -0.2) is 30.0 Å². The highest BCUT2D eigenvalue weighted by atomic mass is 16.5. The third-order valence-corrected chi connectivity index (χ3v) is 2.53. The minimum Gasteiger partial charge on any atom is -0.496 e. The van der Waals surface area contributed by atoms with E-state index >= 15 is 0 Å². The molecule has 2 rings (SSSR count). The van der Waals surface area contributed by atoms with Crippen LogP contribution in [0.4, 0.5) is 11.5 Å². The molecule has 19 heavy (non-hydrogen) atoms. The van der Waals surface area contributed by atoms with E-state index in [9.17, 15) is 4.79 Å². The van der Waals surface area contributed by atoms with Crippen molar-refractivity contribution in [3.63, 3.8) is 0 Å². The number of rotatable bonds is 4. The Morgan fingerprint density at radius 3 is 2.79 bits per heavy atom. The van der Waals surface area contributed by atoms with E-state index in [4.69, 9.17) is 4.74 Å². The smallest absolute Gasteiger partial charge is 0.254 e. The molecular formula is C13H14N4O2. The second-order valence-corrected chi connectivity index (χ2v) is 3.71. The number of benzene rings is 1. The van der Waals surface area contributed by atoms with Gasteiger partial charge in [0.25, 0.3) is 5.91 Å². The van der Waals surface area contributed by atoms with Crippen LogP contribution in [0, 0.1) is 0 Å². The standard InChI is InChI=1S/C13H14N4O2/c1-14-13(18)10-7-9(3-4-11(10)19-2)17-12-5-6-15-8-16-12/h3-8H,1-2H3,(H,14,18)(H,15,16,17). The van der Waals surface area contributed by atoms with Gasteiger partial charge in [0, 0.05) is 18.9 Å². The first-order valence-electron chi connectivity index (χ1n) is 5.67. The van der Waals surface area contributed by atoms with Crippen molar-refractivity contribution in [3.05, 3.63) is 42.4 Å². The van der Waals surface area contributed by atoms with E-state index < -0.39 is 0 Å². The van der Waals surface area contributed by atoms with E-state index in [-0.39, 0.29) is 5.91 Å². The molecule has 0 bridgehead atoms. The average molecular weight is 258 g/mol. The summed E-state index contributed by atoms with van der Waals surface area (Å²) < 4.78 is 5.16. The summed E-state index contributed by atoms with van der Waals surface area (Å²) in [6.45, 7) is 0.